The van der Waals surface area contributed by atoms with Gasteiger partial charge in [-0.2, -0.15) is 0 Å². The summed E-state index contributed by atoms with van der Waals surface area (Å²) in [4.78, 5) is 0. The predicted octanol–water partition coefficient (Wildman–Crippen LogP) is 2.14. The Morgan fingerprint density at radius 3 is 2.86 bits per heavy atom. The number of phenolic OH excluding ortho intramolecular Hbond substituents is 1. The number of methoxy groups -OCH3 is 1. The number of hydrogen-bond acceptors (Lipinski definition) is 3. The van der Waals surface area contributed by atoms with Crippen LogP contribution < -0.4 is 10.5 Å². The maximum absolute atomic E-state index is 9.75. The van der Waals surface area contributed by atoms with Crippen LogP contribution in [0, 0.1) is 0 Å². The third kappa shape index (κ3) is 2.27. The van der Waals surface area contributed by atoms with Crippen LogP contribution in [-0.4, -0.2) is 18.8 Å². The van der Waals surface area contributed by atoms with Crippen LogP contribution in [0.1, 0.15) is 5.56 Å². The Bertz CT molecular complexity index is 350. The molecule has 0 radical (unpaired) electrons. The topological polar surface area (TPSA) is 55.5 Å². The first-order chi connectivity index (χ1) is 6.70. The molecule has 4 heteroatoms. The van der Waals surface area contributed by atoms with Crippen molar-refractivity contribution in [2.24, 2.45) is 5.73 Å². The van der Waals surface area contributed by atoms with Gasteiger partial charge in [-0.1, -0.05) is 28.1 Å². The van der Waals surface area contributed by atoms with E-state index >= 15 is 0 Å². The lowest BCUT2D eigenvalue weighted by Gasteiger charge is -2.07. The van der Waals surface area contributed by atoms with E-state index in [2.05, 4.69) is 15.9 Å². The Morgan fingerprint density at radius 1 is 1.57 bits per heavy atom. The third-order valence-corrected chi connectivity index (χ3v) is 2.46. The van der Waals surface area contributed by atoms with Gasteiger partial charge in [0.2, 0.25) is 0 Å². The highest BCUT2D eigenvalue weighted by molar-refractivity contribution is 9.10. The molecule has 3 nitrogen and oxygen atoms in total. The number of phenols is 1. The van der Waals surface area contributed by atoms with E-state index in [1.807, 2.05) is 6.07 Å². The zero-order chi connectivity index (χ0) is 10.6. The first-order valence-electron chi connectivity index (χ1n) is 4.12. The first kappa shape index (κ1) is 11.1. The molecule has 76 valence electrons. The first-order valence-corrected chi connectivity index (χ1v) is 4.92. The smallest absolute Gasteiger partial charge is 0.166 e. The third-order valence-electron chi connectivity index (χ3n) is 1.77. The standard InChI is InChI=1S/C10H12BrNO2/c1-14-9-5-4-8(11)7(10(9)13)3-2-6-12/h2-5,13H,6,12H2,1H3. The van der Waals surface area contributed by atoms with E-state index in [-0.39, 0.29) is 5.75 Å². The number of rotatable bonds is 3. The van der Waals surface area contributed by atoms with Crippen molar-refractivity contribution in [3.8, 4) is 11.5 Å². The van der Waals surface area contributed by atoms with Crippen LogP contribution in [0.25, 0.3) is 6.08 Å². The molecule has 0 aliphatic heterocycles. The fourth-order valence-electron chi connectivity index (χ4n) is 1.07. The number of aromatic hydroxyl groups is 1. The molecule has 0 unspecified atom stereocenters. The summed E-state index contributed by atoms with van der Waals surface area (Å²) in [5.41, 5.74) is 6.01. The number of benzene rings is 1. The second-order valence-corrected chi connectivity index (χ2v) is 3.50. The summed E-state index contributed by atoms with van der Waals surface area (Å²) < 4.78 is 5.79. The van der Waals surface area contributed by atoms with E-state index in [1.165, 1.54) is 7.11 Å². The Hall–Kier alpha value is -1.00. The maximum Gasteiger partial charge on any atom is 0.166 e. The van der Waals surface area contributed by atoms with Gasteiger partial charge in [0.15, 0.2) is 11.5 Å². The second kappa shape index (κ2) is 5.02. The summed E-state index contributed by atoms with van der Waals surface area (Å²) in [5, 5.41) is 9.75. The molecular weight excluding hydrogens is 246 g/mol. The van der Waals surface area contributed by atoms with Crippen molar-refractivity contribution < 1.29 is 9.84 Å². The van der Waals surface area contributed by atoms with Crippen LogP contribution in [0.2, 0.25) is 0 Å². The average Bonchev–Trinajstić information content (AvgIpc) is 2.18. The maximum atomic E-state index is 9.75. The van der Waals surface area contributed by atoms with Crippen molar-refractivity contribution in [1.29, 1.82) is 0 Å². The molecule has 0 heterocycles. The highest BCUT2D eigenvalue weighted by Crippen LogP contribution is 2.35. The van der Waals surface area contributed by atoms with Gasteiger partial charge in [-0.05, 0) is 12.1 Å². The highest BCUT2D eigenvalue weighted by Gasteiger charge is 2.08. The molecule has 0 bridgehead atoms. The van der Waals surface area contributed by atoms with Gasteiger partial charge < -0.3 is 15.6 Å². The summed E-state index contributed by atoms with van der Waals surface area (Å²) in [5.74, 6) is 0.566. The van der Waals surface area contributed by atoms with Crippen LogP contribution >= 0.6 is 15.9 Å². The van der Waals surface area contributed by atoms with Gasteiger partial charge in [0.25, 0.3) is 0 Å². The fourth-order valence-corrected chi connectivity index (χ4v) is 1.52. The summed E-state index contributed by atoms with van der Waals surface area (Å²) in [6.07, 6.45) is 3.52. The minimum atomic E-state index is 0.117. The quantitative estimate of drug-likeness (QED) is 0.873. The van der Waals surface area contributed by atoms with Gasteiger partial charge in [-0.15, -0.1) is 0 Å². The minimum Gasteiger partial charge on any atom is -0.504 e. The van der Waals surface area contributed by atoms with E-state index in [4.69, 9.17) is 10.5 Å². The van der Waals surface area contributed by atoms with Crippen LogP contribution in [0.4, 0.5) is 0 Å². The van der Waals surface area contributed by atoms with Crippen LogP contribution in [0.3, 0.4) is 0 Å². The molecule has 0 amide bonds. The minimum absolute atomic E-state index is 0.117. The molecule has 0 atom stereocenters. The number of nitrogens with two attached hydrogens (primary N) is 1. The molecule has 0 aromatic heterocycles. The van der Waals surface area contributed by atoms with E-state index in [1.54, 1.807) is 18.2 Å². The normalized spacial score (nSPS) is 10.8. The number of ether oxygens (including phenoxy) is 1. The zero-order valence-electron chi connectivity index (χ0n) is 7.83. The lowest BCUT2D eigenvalue weighted by molar-refractivity contribution is 0.372. The van der Waals surface area contributed by atoms with E-state index < -0.39 is 0 Å². The van der Waals surface area contributed by atoms with Gasteiger partial charge in [0.1, 0.15) is 0 Å². The predicted molar refractivity (Wildman–Crippen MR) is 60.4 cm³/mol. The molecule has 0 saturated heterocycles. The number of halogens is 1. The summed E-state index contributed by atoms with van der Waals surface area (Å²) in [6, 6.07) is 3.51. The SMILES string of the molecule is COc1ccc(Br)c(C=CCN)c1O. The lowest BCUT2D eigenvalue weighted by atomic mass is 10.1. The molecule has 0 aliphatic rings. The number of hydrogen-bond donors (Lipinski definition) is 2. The second-order valence-electron chi connectivity index (χ2n) is 2.65. The van der Waals surface area contributed by atoms with Crippen LogP contribution in [-0.2, 0) is 0 Å². The highest BCUT2D eigenvalue weighted by atomic mass is 79.9. The molecule has 0 fully saturated rings. The van der Waals surface area contributed by atoms with E-state index in [9.17, 15) is 5.11 Å². The monoisotopic (exact) mass is 257 g/mol. The molecule has 0 spiro atoms. The molecule has 14 heavy (non-hydrogen) atoms. The van der Waals surface area contributed by atoms with E-state index in [0.29, 0.717) is 17.9 Å². The van der Waals surface area contributed by atoms with Crippen molar-refractivity contribution in [1.82, 2.24) is 0 Å². The lowest BCUT2D eigenvalue weighted by Crippen LogP contribution is -1.92. The molecule has 1 aromatic rings. The molecule has 1 rings (SSSR count). The Balaban J connectivity index is 3.18. The van der Waals surface area contributed by atoms with Gasteiger partial charge in [-0.25, -0.2) is 0 Å². The summed E-state index contributed by atoms with van der Waals surface area (Å²) in [7, 11) is 1.51. The Labute approximate surface area is 91.3 Å². The Morgan fingerprint density at radius 2 is 2.29 bits per heavy atom. The van der Waals surface area contributed by atoms with Crippen molar-refractivity contribution in [3.63, 3.8) is 0 Å². The van der Waals surface area contributed by atoms with Gasteiger partial charge in [0.05, 0.1) is 7.11 Å². The van der Waals surface area contributed by atoms with Gasteiger partial charge >= 0.3 is 0 Å². The van der Waals surface area contributed by atoms with Crippen molar-refractivity contribution in [2.75, 3.05) is 13.7 Å². The average molecular weight is 258 g/mol. The molecule has 0 aliphatic carbocycles. The summed E-state index contributed by atoms with van der Waals surface area (Å²) >= 11 is 3.33. The zero-order valence-corrected chi connectivity index (χ0v) is 9.41. The molecule has 1 aromatic carbocycles. The van der Waals surface area contributed by atoms with Crippen molar-refractivity contribution in [2.45, 2.75) is 0 Å². The largest absolute Gasteiger partial charge is 0.504 e. The molecule has 3 N–H and O–H groups in total. The Kier molecular flexibility index (Phi) is 3.98. The fraction of sp³-hybridized carbons (Fsp3) is 0.200. The molecule has 0 saturated carbocycles. The summed E-state index contributed by atoms with van der Waals surface area (Å²) in [6.45, 7) is 0.434. The van der Waals surface area contributed by atoms with Gasteiger partial charge in [0, 0.05) is 16.6 Å². The van der Waals surface area contributed by atoms with Gasteiger partial charge in [-0.3, -0.25) is 0 Å². The van der Waals surface area contributed by atoms with Crippen LogP contribution in [0.15, 0.2) is 22.7 Å². The van der Waals surface area contributed by atoms with Crippen molar-refractivity contribution in [3.05, 3.63) is 28.2 Å². The van der Waals surface area contributed by atoms with E-state index in [0.717, 1.165) is 4.47 Å². The molecular formula is C10H12BrNO2. The van der Waals surface area contributed by atoms with Crippen molar-refractivity contribution >= 4 is 22.0 Å². The van der Waals surface area contributed by atoms with Crippen LogP contribution in [0.5, 0.6) is 11.5 Å².